The third-order valence-corrected chi connectivity index (χ3v) is 6.56. The summed E-state index contributed by atoms with van der Waals surface area (Å²) in [7, 11) is 0. The van der Waals surface area contributed by atoms with Gasteiger partial charge in [-0.3, -0.25) is 0 Å². The standard InChI is InChI=1S/C26H29Br2N/c1-6-29(7-2)23-9-11-25(19(5)13-23)26(20-14-21(27)16-22(28)15-20)24-10-8-17(3)12-18(24)4/h8-16,26H,6-7H2,1-5H3. The minimum Gasteiger partial charge on any atom is -0.372 e. The van der Waals surface area contributed by atoms with Gasteiger partial charge in [-0.1, -0.05) is 61.7 Å². The lowest BCUT2D eigenvalue weighted by molar-refractivity contribution is 0.862. The van der Waals surface area contributed by atoms with E-state index in [2.05, 4.69) is 126 Å². The number of benzene rings is 3. The third-order valence-electron chi connectivity index (χ3n) is 5.65. The molecule has 0 heterocycles. The first-order valence-corrected chi connectivity index (χ1v) is 11.8. The van der Waals surface area contributed by atoms with Crippen molar-refractivity contribution >= 4 is 37.5 Å². The van der Waals surface area contributed by atoms with Gasteiger partial charge >= 0.3 is 0 Å². The van der Waals surface area contributed by atoms with Crippen LogP contribution in [0.2, 0.25) is 0 Å². The van der Waals surface area contributed by atoms with Crippen molar-refractivity contribution in [3.63, 3.8) is 0 Å². The highest BCUT2D eigenvalue weighted by Crippen LogP contribution is 2.39. The first-order chi connectivity index (χ1) is 13.8. The fourth-order valence-corrected chi connectivity index (χ4v) is 5.52. The van der Waals surface area contributed by atoms with Gasteiger partial charge in [0.05, 0.1) is 0 Å². The van der Waals surface area contributed by atoms with Gasteiger partial charge in [-0.15, -0.1) is 0 Å². The molecule has 0 aliphatic carbocycles. The minimum absolute atomic E-state index is 0.190. The molecule has 3 aromatic carbocycles. The highest BCUT2D eigenvalue weighted by atomic mass is 79.9. The van der Waals surface area contributed by atoms with Crippen molar-refractivity contribution in [3.05, 3.63) is 96.9 Å². The van der Waals surface area contributed by atoms with Gasteiger partial charge in [0, 0.05) is 33.6 Å². The molecular weight excluding hydrogens is 486 g/mol. The summed E-state index contributed by atoms with van der Waals surface area (Å²) >= 11 is 7.38. The Bertz CT molecular complexity index is 985. The molecule has 0 bridgehead atoms. The summed E-state index contributed by atoms with van der Waals surface area (Å²) in [4.78, 5) is 2.40. The number of aryl methyl sites for hydroxylation is 3. The van der Waals surface area contributed by atoms with Crippen LogP contribution in [0.5, 0.6) is 0 Å². The Kier molecular flexibility index (Phi) is 7.23. The molecule has 0 radical (unpaired) electrons. The summed E-state index contributed by atoms with van der Waals surface area (Å²) in [5, 5.41) is 0. The van der Waals surface area contributed by atoms with Crippen LogP contribution in [0.3, 0.4) is 0 Å². The molecule has 0 spiro atoms. The van der Waals surface area contributed by atoms with Crippen molar-refractivity contribution in [1.82, 2.24) is 0 Å². The van der Waals surface area contributed by atoms with Crippen molar-refractivity contribution in [1.29, 1.82) is 0 Å². The second kappa shape index (κ2) is 9.49. The zero-order valence-corrected chi connectivity index (χ0v) is 21.1. The quantitative estimate of drug-likeness (QED) is 0.300. The van der Waals surface area contributed by atoms with E-state index in [4.69, 9.17) is 0 Å². The molecule has 0 fully saturated rings. The Morgan fingerprint density at radius 3 is 1.79 bits per heavy atom. The predicted octanol–water partition coefficient (Wildman–Crippen LogP) is 8.16. The van der Waals surface area contributed by atoms with E-state index in [9.17, 15) is 0 Å². The Morgan fingerprint density at radius 2 is 1.28 bits per heavy atom. The molecule has 1 unspecified atom stereocenters. The van der Waals surface area contributed by atoms with Crippen LogP contribution in [0.1, 0.15) is 53.1 Å². The number of halogens is 2. The first-order valence-electron chi connectivity index (χ1n) is 10.2. The number of nitrogens with zero attached hydrogens (tertiary/aromatic N) is 1. The second-order valence-corrected chi connectivity index (χ2v) is 9.54. The lowest BCUT2D eigenvalue weighted by atomic mass is 9.81. The maximum absolute atomic E-state index is 3.69. The largest absolute Gasteiger partial charge is 0.372 e. The molecule has 3 aromatic rings. The van der Waals surface area contributed by atoms with Crippen LogP contribution in [0, 0.1) is 20.8 Å². The molecule has 1 nitrogen and oxygen atoms in total. The molecule has 3 heteroatoms. The van der Waals surface area contributed by atoms with Gasteiger partial charge in [-0.2, -0.15) is 0 Å². The molecule has 152 valence electrons. The molecule has 0 N–H and O–H groups in total. The van der Waals surface area contributed by atoms with Crippen LogP contribution < -0.4 is 4.90 Å². The second-order valence-electron chi connectivity index (χ2n) is 7.71. The molecule has 29 heavy (non-hydrogen) atoms. The molecular formula is C26H29Br2N. The Labute approximate surface area is 192 Å². The topological polar surface area (TPSA) is 3.24 Å². The van der Waals surface area contributed by atoms with Crippen LogP contribution in [-0.2, 0) is 0 Å². The van der Waals surface area contributed by atoms with E-state index in [0.29, 0.717) is 0 Å². The lowest BCUT2D eigenvalue weighted by Gasteiger charge is -2.26. The number of hydrogen-bond donors (Lipinski definition) is 0. The Morgan fingerprint density at radius 1 is 0.724 bits per heavy atom. The molecule has 0 amide bonds. The van der Waals surface area contributed by atoms with Gasteiger partial charge in [0.1, 0.15) is 0 Å². The Balaban J connectivity index is 2.20. The fourth-order valence-electron chi connectivity index (χ4n) is 4.19. The van der Waals surface area contributed by atoms with Crippen LogP contribution in [0.25, 0.3) is 0 Å². The van der Waals surface area contributed by atoms with Crippen molar-refractivity contribution in [2.45, 2.75) is 40.5 Å². The van der Waals surface area contributed by atoms with Crippen LogP contribution in [0.15, 0.2) is 63.5 Å². The number of anilines is 1. The van der Waals surface area contributed by atoms with Gasteiger partial charge < -0.3 is 4.90 Å². The van der Waals surface area contributed by atoms with E-state index in [1.165, 1.54) is 39.1 Å². The van der Waals surface area contributed by atoms with Crippen molar-refractivity contribution in [2.24, 2.45) is 0 Å². The number of hydrogen-bond acceptors (Lipinski definition) is 1. The van der Waals surface area contributed by atoms with Crippen LogP contribution in [0.4, 0.5) is 5.69 Å². The predicted molar refractivity (Wildman–Crippen MR) is 133 cm³/mol. The summed E-state index contributed by atoms with van der Waals surface area (Å²) in [5.41, 5.74) is 9.27. The molecule has 3 rings (SSSR count). The Hall–Kier alpha value is -1.58. The smallest absolute Gasteiger partial charge is 0.0368 e. The molecule has 0 aromatic heterocycles. The van der Waals surface area contributed by atoms with E-state index in [1.54, 1.807) is 0 Å². The number of rotatable bonds is 6. The van der Waals surface area contributed by atoms with Gasteiger partial charge in [0.25, 0.3) is 0 Å². The normalized spacial score (nSPS) is 12.1. The summed E-state index contributed by atoms with van der Waals surface area (Å²) in [6.07, 6.45) is 0. The molecule has 0 saturated heterocycles. The van der Waals surface area contributed by atoms with E-state index >= 15 is 0 Å². The molecule has 0 aliphatic heterocycles. The van der Waals surface area contributed by atoms with E-state index in [0.717, 1.165) is 22.0 Å². The molecule has 0 aliphatic rings. The maximum atomic E-state index is 3.69. The average Bonchev–Trinajstić information content (AvgIpc) is 2.65. The van der Waals surface area contributed by atoms with Crippen molar-refractivity contribution < 1.29 is 0 Å². The highest BCUT2D eigenvalue weighted by molar-refractivity contribution is 9.11. The van der Waals surface area contributed by atoms with E-state index < -0.39 is 0 Å². The zero-order valence-electron chi connectivity index (χ0n) is 17.9. The fraction of sp³-hybridized carbons (Fsp3) is 0.308. The monoisotopic (exact) mass is 513 g/mol. The van der Waals surface area contributed by atoms with E-state index in [1.807, 2.05) is 0 Å². The maximum Gasteiger partial charge on any atom is 0.0368 e. The summed E-state index contributed by atoms with van der Waals surface area (Å²) in [5.74, 6) is 0.190. The molecule has 1 atom stereocenters. The molecule has 0 saturated carbocycles. The SMILES string of the molecule is CCN(CC)c1ccc(C(c2cc(Br)cc(Br)c2)c2ccc(C)cc2C)c(C)c1. The zero-order chi connectivity index (χ0) is 21.1. The summed E-state index contributed by atoms with van der Waals surface area (Å²) in [6, 6.07) is 20.3. The van der Waals surface area contributed by atoms with Gasteiger partial charge in [-0.25, -0.2) is 0 Å². The minimum atomic E-state index is 0.190. The van der Waals surface area contributed by atoms with Crippen LogP contribution in [-0.4, -0.2) is 13.1 Å². The van der Waals surface area contributed by atoms with Gasteiger partial charge in [0.2, 0.25) is 0 Å². The first kappa shape index (κ1) is 22.1. The van der Waals surface area contributed by atoms with Gasteiger partial charge in [-0.05, 0) is 92.8 Å². The van der Waals surface area contributed by atoms with Crippen molar-refractivity contribution in [2.75, 3.05) is 18.0 Å². The third kappa shape index (κ3) is 4.95. The average molecular weight is 515 g/mol. The van der Waals surface area contributed by atoms with Crippen molar-refractivity contribution in [3.8, 4) is 0 Å². The van der Waals surface area contributed by atoms with Crippen LogP contribution >= 0.6 is 31.9 Å². The van der Waals surface area contributed by atoms with Gasteiger partial charge in [0.15, 0.2) is 0 Å². The summed E-state index contributed by atoms with van der Waals surface area (Å²) in [6.45, 7) is 13.1. The summed E-state index contributed by atoms with van der Waals surface area (Å²) < 4.78 is 2.18. The lowest BCUT2D eigenvalue weighted by Crippen LogP contribution is -2.22. The van der Waals surface area contributed by atoms with E-state index in [-0.39, 0.29) is 5.92 Å². The highest BCUT2D eigenvalue weighted by Gasteiger charge is 2.22.